The molecule has 4 N–H and O–H groups in total. The molecule has 1 fully saturated rings. The molecule has 0 bridgehead atoms. The number of hydrogen-bond donors (Lipinski definition) is 3. The number of carbonyl (C=O) groups excluding carboxylic acids is 3. The van der Waals surface area contributed by atoms with Gasteiger partial charge in [-0.2, -0.15) is 0 Å². The predicted octanol–water partition coefficient (Wildman–Crippen LogP) is 1.85. The molecule has 1 aliphatic rings. The summed E-state index contributed by atoms with van der Waals surface area (Å²) in [6, 6.07) is 0. The second-order valence-electron chi connectivity index (χ2n) is 5.20. The topological polar surface area (TPSA) is 183 Å². The molecule has 2 amide bonds. The van der Waals surface area contributed by atoms with Crippen molar-refractivity contribution in [1.82, 2.24) is 4.90 Å². The van der Waals surface area contributed by atoms with Crippen LogP contribution in [0.5, 0.6) is 0 Å². The molecule has 0 atom stereocenters. The zero-order valence-corrected chi connectivity index (χ0v) is 16.9. The van der Waals surface area contributed by atoms with E-state index in [-0.39, 0.29) is 12.6 Å². The van der Waals surface area contributed by atoms with Gasteiger partial charge < -0.3 is 30.2 Å². The fourth-order valence-corrected chi connectivity index (χ4v) is 1.61. The molecule has 0 aliphatic carbocycles. The Hall–Kier alpha value is -3.57. The van der Waals surface area contributed by atoms with Crippen molar-refractivity contribution in [3.05, 3.63) is 24.6 Å². The van der Waals surface area contributed by atoms with Gasteiger partial charge in [0.1, 0.15) is 0 Å². The number of nitrogens with two attached hydrogens (primary N) is 1. The first-order chi connectivity index (χ1) is 14.1. The van der Waals surface area contributed by atoms with Crippen molar-refractivity contribution >= 4 is 30.1 Å². The number of amides is 2. The first-order valence-electron chi connectivity index (χ1n) is 8.99. The Morgan fingerprint density at radius 2 is 1.53 bits per heavy atom. The quantitative estimate of drug-likeness (QED) is 0.318. The highest BCUT2D eigenvalue weighted by Crippen LogP contribution is 2.06. The third kappa shape index (κ3) is 20.7. The predicted molar refractivity (Wildman–Crippen MR) is 103 cm³/mol. The zero-order chi connectivity index (χ0) is 23.4. The lowest BCUT2D eigenvalue weighted by molar-refractivity contribution is -0.142. The molecule has 0 unspecified atom stereocenters. The maximum atomic E-state index is 11.2. The van der Waals surface area contributed by atoms with E-state index in [9.17, 15) is 24.0 Å². The zero-order valence-electron chi connectivity index (χ0n) is 16.9. The van der Waals surface area contributed by atoms with Crippen LogP contribution >= 0.6 is 0 Å². The fourth-order valence-electron chi connectivity index (χ4n) is 1.61. The number of nitrogens with zero attached hydrogens (tertiary/aromatic N) is 1. The normalized spacial score (nSPS) is 12.9. The summed E-state index contributed by atoms with van der Waals surface area (Å²) in [6.45, 7) is 4.36. The minimum atomic E-state index is -1.27. The van der Waals surface area contributed by atoms with Gasteiger partial charge in [0, 0.05) is 31.0 Å². The van der Waals surface area contributed by atoms with Gasteiger partial charge >= 0.3 is 30.1 Å². The van der Waals surface area contributed by atoms with Gasteiger partial charge in [-0.1, -0.05) is 0 Å². The van der Waals surface area contributed by atoms with E-state index in [1.165, 1.54) is 0 Å². The molecule has 30 heavy (non-hydrogen) atoms. The van der Waals surface area contributed by atoms with Crippen LogP contribution in [0.25, 0.3) is 0 Å². The maximum absolute atomic E-state index is 11.2. The maximum Gasteiger partial charge on any atom is 0.417 e. The second-order valence-corrected chi connectivity index (χ2v) is 5.20. The summed E-state index contributed by atoms with van der Waals surface area (Å²) in [5.74, 6) is -2.56. The molecule has 1 rings (SSSR count). The van der Waals surface area contributed by atoms with E-state index in [2.05, 4.69) is 15.2 Å². The standard InChI is InChI=1S/C9H11NO6.C6H10O2.C3H7NO2/c1-2-16-9(15)10(5-3-7(11)12)6-4-8(13)14;7-6-4-2-1-3-5-8-6;1-2-6-3(4)5/h3-6H,2H2,1H3,(H,11,12)(H,13,14);1-5H2;2H2,1H3,(H2,4,5). The van der Waals surface area contributed by atoms with Gasteiger partial charge in [-0.25, -0.2) is 19.2 Å². The molecule has 0 radical (unpaired) electrons. The molecule has 170 valence electrons. The molecule has 12 heteroatoms. The summed E-state index contributed by atoms with van der Waals surface area (Å²) in [7, 11) is 0. The number of carbonyl (C=O) groups is 5. The number of cyclic esters (lactones) is 1. The summed E-state index contributed by atoms with van der Waals surface area (Å²) in [5.41, 5.74) is 4.54. The smallest absolute Gasteiger partial charge is 0.417 e. The number of aliphatic carboxylic acids is 2. The Morgan fingerprint density at radius 1 is 1.00 bits per heavy atom. The van der Waals surface area contributed by atoms with Crippen molar-refractivity contribution in [2.45, 2.75) is 39.5 Å². The minimum absolute atomic E-state index is 0.0255. The number of hydrogen-bond acceptors (Lipinski definition) is 8. The first-order valence-corrected chi connectivity index (χ1v) is 8.99. The summed E-state index contributed by atoms with van der Waals surface area (Å²) < 4.78 is 13.5. The molecule has 0 saturated carbocycles. The Labute approximate surface area is 173 Å². The minimum Gasteiger partial charge on any atom is -0.478 e. The van der Waals surface area contributed by atoms with Gasteiger partial charge in [0.05, 0.1) is 19.8 Å². The van der Waals surface area contributed by atoms with Crippen molar-refractivity contribution in [2.75, 3.05) is 19.8 Å². The monoisotopic (exact) mass is 432 g/mol. The van der Waals surface area contributed by atoms with E-state index in [0.717, 1.165) is 31.7 Å². The highest BCUT2D eigenvalue weighted by molar-refractivity contribution is 5.82. The lowest BCUT2D eigenvalue weighted by atomic mass is 10.2. The number of primary amides is 1. The SMILES string of the molecule is CCOC(=O)N(C=CC(=O)O)C=CC(=O)O.CCOC(N)=O.O=C1CCCCCO1. The van der Waals surface area contributed by atoms with Gasteiger partial charge in [-0.3, -0.25) is 9.69 Å². The van der Waals surface area contributed by atoms with E-state index in [0.29, 0.717) is 36.7 Å². The van der Waals surface area contributed by atoms with Crippen LogP contribution in [-0.2, 0) is 28.6 Å². The number of carboxylic acid groups (broad SMARTS) is 2. The molecule has 1 heterocycles. The van der Waals surface area contributed by atoms with Crippen LogP contribution in [0.15, 0.2) is 24.6 Å². The Morgan fingerprint density at radius 3 is 1.93 bits per heavy atom. The van der Waals surface area contributed by atoms with E-state index >= 15 is 0 Å². The van der Waals surface area contributed by atoms with E-state index < -0.39 is 24.1 Å². The lowest BCUT2D eigenvalue weighted by Crippen LogP contribution is -2.21. The first kappa shape index (κ1) is 28.6. The number of rotatable bonds is 6. The van der Waals surface area contributed by atoms with Crippen LogP contribution in [0, 0.1) is 0 Å². The van der Waals surface area contributed by atoms with Crippen molar-refractivity contribution in [2.24, 2.45) is 5.73 Å². The van der Waals surface area contributed by atoms with Gasteiger partial charge in [-0.05, 0) is 33.1 Å². The van der Waals surface area contributed by atoms with Crippen LogP contribution in [0.1, 0.15) is 39.5 Å². The fraction of sp³-hybridized carbons (Fsp3) is 0.500. The van der Waals surface area contributed by atoms with Crippen LogP contribution < -0.4 is 5.73 Å². The van der Waals surface area contributed by atoms with Gasteiger partial charge in [0.2, 0.25) is 0 Å². The second kappa shape index (κ2) is 18.8. The third-order valence-corrected chi connectivity index (χ3v) is 2.81. The van der Waals surface area contributed by atoms with Crippen molar-refractivity contribution in [3.63, 3.8) is 0 Å². The highest BCUT2D eigenvalue weighted by Gasteiger charge is 2.09. The van der Waals surface area contributed by atoms with Gasteiger partial charge in [-0.15, -0.1) is 0 Å². The summed E-state index contributed by atoms with van der Waals surface area (Å²) in [4.78, 5) is 52.4. The van der Waals surface area contributed by atoms with Crippen molar-refractivity contribution < 1.29 is 48.4 Å². The molecule has 0 aromatic heterocycles. The van der Waals surface area contributed by atoms with Crippen LogP contribution in [0.2, 0.25) is 0 Å². The molecule has 0 aromatic rings. The molecule has 0 aromatic carbocycles. The molecule has 12 nitrogen and oxygen atoms in total. The Bertz CT molecular complexity index is 582. The summed E-state index contributed by atoms with van der Waals surface area (Å²) >= 11 is 0. The third-order valence-electron chi connectivity index (χ3n) is 2.81. The lowest BCUT2D eigenvalue weighted by Gasteiger charge is -2.11. The molecular weight excluding hydrogens is 404 g/mol. The summed E-state index contributed by atoms with van der Waals surface area (Å²) in [5, 5.41) is 16.7. The number of esters is 1. The summed E-state index contributed by atoms with van der Waals surface area (Å²) in [6.07, 6.45) is 5.40. The van der Waals surface area contributed by atoms with Gasteiger partial charge in [0.25, 0.3) is 0 Å². The largest absolute Gasteiger partial charge is 0.478 e. The molecule has 1 aliphatic heterocycles. The van der Waals surface area contributed by atoms with E-state index in [1.807, 2.05) is 0 Å². The number of carboxylic acids is 2. The average Bonchev–Trinajstić information content (AvgIpc) is 2.90. The van der Waals surface area contributed by atoms with Crippen molar-refractivity contribution in [1.29, 1.82) is 0 Å². The number of ether oxygens (including phenoxy) is 3. The Balaban J connectivity index is 0. The van der Waals surface area contributed by atoms with Gasteiger partial charge in [0.15, 0.2) is 0 Å². The average molecular weight is 432 g/mol. The van der Waals surface area contributed by atoms with Crippen molar-refractivity contribution in [3.8, 4) is 0 Å². The molecule has 0 spiro atoms. The Kier molecular flexibility index (Phi) is 17.9. The van der Waals surface area contributed by atoms with E-state index in [1.54, 1.807) is 13.8 Å². The molecule has 1 saturated heterocycles. The molecular formula is C18H28N2O10. The van der Waals surface area contributed by atoms with Crippen LogP contribution in [-0.4, -0.2) is 65.0 Å². The van der Waals surface area contributed by atoms with Crippen LogP contribution in [0.3, 0.4) is 0 Å². The van der Waals surface area contributed by atoms with E-state index in [4.69, 9.17) is 14.9 Å². The van der Waals surface area contributed by atoms with Crippen LogP contribution in [0.4, 0.5) is 9.59 Å². The highest BCUT2D eigenvalue weighted by atomic mass is 16.6.